The quantitative estimate of drug-likeness (QED) is 0.402. The topological polar surface area (TPSA) is 49.3 Å². The minimum Gasteiger partial charge on any atom is -0.356 e. The van der Waals surface area contributed by atoms with Crippen LogP contribution in [0.1, 0.15) is 39.5 Å². The van der Waals surface area contributed by atoms with E-state index in [1.807, 2.05) is 6.92 Å². The van der Waals surface area contributed by atoms with Crippen LogP contribution < -0.4 is 10.6 Å². The van der Waals surface area contributed by atoms with E-state index in [2.05, 4.69) is 65.6 Å². The van der Waals surface area contributed by atoms with E-state index < -0.39 is 0 Å². The van der Waals surface area contributed by atoms with Gasteiger partial charge in [-0.2, -0.15) is 0 Å². The van der Waals surface area contributed by atoms with Crippen LogP contribution in [0.2, 0.25) is 0 Å². The molecule has 0 saturated heterocycles. The van der Waals surface area contributed by atoms with Gasteiger partial charge in [0.25, 0.3) is 0 Å². The number of halogens is 1. The Morgan fingerprint density at radius 1 is 1.25 bits per heavy atom. The summed E-state index contributed by atoms with van der Waals surface area (Å²) < 4.78 is 0. The summed E-state index contributed by atoms with van der Waals surface area (Å²) >= 11 is 1.73. The number of guanidine groups is 1. The lowest BCUT2D eigenvalue weighted by Crippen LogP contribution is -2.38. The third-order valence-electron chi connectivity index (χ3n) is 3.89. The van der Waals surface area contributed by atoms with Gasteiger partial charge in [0.05, 0.1) is 12.2 Å². The van der Waals surface area contributed by atoms with E-state index in [4.69, 9.17) is 0 Å². The van der Waals surface area contributed by atoms with Crippen molar-refractivity contribution in [1.82, 2.24) is 15.6 Å². The molecule has 0 spiro atoms. The second-order valence-electron chi connectivity index (χ2n) is 5.87. The van der Waals surface area contributed by atoms with Crippen molar-refractivity contribution in [3.8, 4) is 0 Å². The molecule has 0 fully saturated rings. The molecule has 4 nitrogen and oxygen atoms in total. The predicted octanol–water partition coefficient (Wildman–Crippen LogP) is 4.16. The highest BCUT2D eigenvalue weighted by molar-refractivity contribution is 14.0. The molecule has 2 N–H and O–H groups in total. The van der Waals surface area contributed by atoms with E-state index in [0.29, 0.717) is 12.5 Å². The van der Waals surface area contributed by atoms with Crippen LogP contribution in [0.3, 0.4) is 0 Å². The Labute approximate surface area is 166 Å². The van der Waals surface area contributed by atoms with Crippen LogP contribution in [-0.4, -0.2) is 24.5 Å². The summed E-state index contributed by atoms with van der Waals surface area (Å²) in [6.07, 6.45) is 0. The summed E-state index contributed by atoms with van der Waals surface area (Å²) in [5.41, 5.74) is 3.76. The molecule has 2 rings (SSSR count). The van der Waals surface area contributed by atoms with Crippen molar-refractivity contribution in [2.24, 2.45) is 4.99 Å². The molecular weight excluding hydrogens is 431 g/mol. The maximum atomic E-state index is 4.54. The van der Waals surface area contributed by atoms with E-state index in [0.717, 1.165) is 23.2 Å². The van der Waals surface area contributed by atoms with Crippen molar-refractivity contribution in [3.63, 3.8) is 0 Å². The minimum atomic E-state index is 0. The van der Waals surface area contributed by atoms with E-state index in [1.165, 1.54) is 16.0 Å². The Kier molecular flexibility index (Phi) is 8.69. The molecule has 1 aromatic heterocycles. The van der Waals surface area contributed by atoms with E-state index in [9.17, 15) is 0 Å². The van der Waals surface area contributed by atoms with Crippen molar-refractivity contribution >= 4 is 41.3 Å². The number of hydrogen-bond donors (Lipinski definition) is 2. The third-order valence-corrected chi connectivity index (χ3v) is 4.96. The standard InChI is InChI=1S/C18H26N4S.HI/c1-12-7-6-8-16(9-12)13(2)10-20-18(19-5)21-11-17-22-14(3)15(4)23-17;/h6-9,13H,10-11H2,1-5H3,(H2,19,20,21);1H. The zero-order valence-corrected chi connectivity index (χ0v) is 18.2. The fraction of sp³-hybridized carbons (Fsp3) is 0.444. The molecule has 0 aliphatic heterocycles. The molecule has 24 heavy (non-hydrogen) atoms. The number of benzene rings is 1. The molecule has 0 amide bonds. The van der Waals surface area contributed by atoms with Gasteiger partial charge in [-0.3, -0.25) is 4.99 Å². The van der Waals surface area contributed by atoms with Crippen molar-refractivity contribution in [1.29, 1.82) is 0 Å². The van der Waals surface area contributed by atoms with Gasteiger partial charge >= 0.3 is 0 Å². The summed E-state index contributed by atoms with van der Waals surface area (Å²) in [6.45, 7) is 10.1. The molecule has 1 unspecified atom stereocenters. The number of thiazole rings is 1. The number of hydrogen-bond acceptors (Lipinski definition) is 3. The van der Waals surface area contributed by atoms with Crippen LogP contribution in [0, 0.1) is 20.8 Å². The van der Waals surface area contributed by atoms with Crippen molar-refractivity contribution in [3.05, 3.63) is 51.0 Å². The molecule has 0 aliphatic carbocycles. The molecule has 0 bridgehead atoms. The van der Waals surface area contributed by atoms with Crippen LogP contribution in [-0.2, 0) is 6.54 Å². The van der Waals surface area contributed by atoms with Crippen LogP contribution in [0.15, 0.2) is 29.3 Å². The van der Waals surface area contributed by atoms with Crippen LogP contribution >= 0.6 is 35.3 Å². The van der Waals surface area contributed by atoms with E-state index >= 15 is 0 Å². The van der Waals surface area contributed by atoms with Gasteiger partial charge in [0.2, 0.25) is 0 Å². The highest BCUT2D eigenvalue weighted by Crippen LogP contribution is 2.16. The maximum absolute atomic E-state index is 4.54. The molecule has 0 radical (unpaired) electrons. The Hall–Kier alpha value is -1.15. The number of aliphatic imine (C=N–C) groups is 1. The summed E-state index contributed by atoms with van der Waals surface area (Å²) in [5.74, 6) is 1.24. The summed E-state index contributed by atoms with van der Waals surface area (Å²) in [7, 11) is 1.80. The first kappa shape index (κ1) is 20.9. The van der Waals surface area contributed by atoms with Gasteiger partial charge in [-0.15, -0.1) is 35.3 Å². The maximum Gasteiger partial charge on any atom is 0.191 e. The Balaban J connectivity index is 0.00000288. The average Bonchev–Trinajstić information content (AvgIpc) is 2.85. The van der Waals surface area contributed by atoms with Gasteiger partial charge in [-0.05, 0) is 32.3 Å². The second kappa shape index (κ2) is 9.98. The number of aromatic nitrogens is 1. The zero-order valence-electron chi connectivity index (χ0n) is 15.0. The number of nitrogens with one attached hydrogen (secondary N) is 2. The smallest absolute Gasteiger partial charge is 0.191 e. The van der Waals surface area contributed by atoms with Gasteiger partial charge in [0.1, 0.15) is 5.01 Å². The van der Waals surface area contributed by atoms with Crippen molar-refractivity contribution in [2.75, 3.05) is 13.6 Å². The molecule has 132 valence electrons. The van der Waals surface area contributed by atoms with Crippen molar-refractivity contribution < 1.29 is 0 Å². The van der Waals surface area contributed by atoms with Crippen molar-refractivity contribution in [2.45, 2.75) is 40.2 Å². The first-order chi connectivity index (χ1) is 11.0. The number of nitrogens with zero attached hydrogens (tertiary/aromatic N) is 2. The lowest BCUT2D eigenvalue weighted by molar-refractivity contribution is 0.698. The zero-order chi connectivity index (χ0) is 16.8. The molecule has 1 aromatic carbocycles. The summed E-state index contributed by atoms with van der Waals surface area (Å²) in [6, 6.07) is 8.66. The summed E-state index contributed by atoms with van der Waals surface area (Å²) in [5, 5.41) is 7.82. The Morgan fingerprint density at radius 2 is 2.00 bits per heavy atom. The van der Waals surface area contributed by atoms with E-state index in [-0.39, 0.29) is 24.0 Å². The first-order valence-corrected chi connectivity index (χ1v) is 8.75. The monoisotopic (exact) mass is 458 g/mol. The molecular formula is C18H27IN4S. The normalized spacial score (nSPS) is 12.5. The lowest BCUT2D eigenvalue weighted by atomic mass is 9.99. The van der Waals surface area contributed by atoms with Crippen LogP contribution in [0.5, 0.6) is 0 Å². The highest BCUT2D eigenvalue weighted by Gasteiger charge is 2.08. The van der Waals surface area contributed by atoms with Crippen LogP contribution in [0.4, 0.5) is 0 Å². The van der Waals surface area contributed by atoms with Gasteiger partial charge in [-0.25, -0.2) is 4.98 Å². The fourth-order valence-corrected chi connectivity index (χ4v) is 3.21. The van der Waals surface area contributed by atoms with Gasteiger partial charge < -0.3 is 10.6 Å². The second-order valence-corrected chi connectivity index (χ2v) is 7.16. The van der Waals surface area contributed by atoms with E-state index in [1.54, 1.807) is 18.4 Å². The Morgan fingerprint density at radius 3 is 2.58 bits per heavy atom. The lowest BCUT2D eigenvalue weighted by Gasteiger charge is -2.16. The third kappa shape index (κ3) is 6.05. The van der Waals surface area contributed by atoms with Gasteiger partial charge in [0, 0.05) is 18.5 Å². The summed E-state index contributed by atoms with van der Waals surface area (Å²) in [4.78, 5) is 10.1. The first-order valence-electron chi connectivity index (χ1n) is 7.93. The Bertz CT molecular complexity index is 662. The number of aryl methyl sites for hydroxylation is 3. The molecule has 6 heteroatoms. The van der Waals surface area contributed by atoms with Crippen LogP contribution in [0.25, 0.3) is 0 Å². The fourth-order valence-electron chi connectivity index (χ4n) is 2.34. The average molecular weight is 458 g/mol. The molecule has 1 atom stereocenters. The largest absolute Gasteiger partial charge is 0.356 e. The molecule has 0 saturated carbocycles. The minimum absolute atomic E-state index is 0. The van der Waals surface area contributed by atoms with Gasteiger partial charge in [-0.1, -0.05) is 36.8 Å². The van der Waals surface area contributed by atoms with Gasteiger partial charge in [0.15, 0.2) is 5.96 Å². The molecule has 0 aliphatic rings. The highest BCUT2D eigenvalue weighted by atomic mass is 127. The number of rotatable bonds is 5. The SMILES string of the molecule is CN=C(NCc1nc(C)c(C)s1)NCC(C)c1cccc(C)c1.I. The predicted molar refractivity (Wildman–Crippen MR) is 115 cm³/mol. The molecule has 2 aromatic rings. The molecule has 1 heterocycles.